The molecule has 0 N–H and O–H groups in total. The van der Waals surface area contributed by atoms with Crippen molar-refractivity contribution in [3.05, 3.63) is 83.4 Å². The molecule has 3 aromatic rings. The summed E-state index contributed by atoms with van der Waals surface area (Å²) in [7, 11) is 1.64. The third kappa shape index (κ3) is 4.72. The fourth-order valence-corrected chi connectivity index (χ4v) is 4.87. The van der Waals surface area contributed by atoms with E-state index >= 15 is 0 Å². The first-order valence-corrected chi connectivity index (χ1v) is 11.8. The first-order valence-electron chi connectivity index (χ1n) is 11.8. The molecule has 0 amide bonds. The molecule has 1 heterocycles. The van der Waals surface area contributed by atoms with Gasteiger partial charge in [-0.05, 0) is 107 Å². The van der Waals surface area contributed by atoms with E-state index in [0.717, 1.165) is 17.0 Å². The number of aliphatic imine (C=N–C) groups is 1. The van der Waals surface area contributed by atoms with Crippen molar-refractivity contribution in [2.24, 2.45) is 4.99 Å². The number of anilines is 1. The average molecular weight is 455 g/mol. The molecular weight excluding hydrogens is 420 g/mol. The van der Waals surface area contributed by atoms with E-state index in [1.807, 2.05) is 54.7 Å². The smallest absolute Gasteiger partial charge is 0.169 e. The lowest BCUT2D eigenvalue weighted by Gasteiger charge is -2.46. The molecule has 3 aromatic carbocycles. The standard InChI is InChI=1S/C30H34N2O2/c1-20(2)32-27-16-21(3)23(17-26(27)22(4)18-30(32,5)6)19-31-24-12-14-25(15-13-24)34-29-11-9-8-10-28(29)33-7/h8-20H,1-7H3. The molecule has 0 aliphatic carbocycles. The van der Waals surface area contributed by atoms with Crippen LogP contribution in [-0.2, 0) is 0 Å². The van der Waals surface area contributed by atoms with Gasteiger partial charge in [-0.1, -0.05) is 18.2 Å². The van der Waals surface area contributed by atoms with E-state index in [-0.39, 0.29) is 5.54 Å². The third-order valence-corrected chi connectivity index (χ3v) is 6.26. The highest BCUT2D eigenvalue weighted by molar-refractivity contribution is 5.90. The molecule has 0 aromatic heterocycles. The van der Waals surface area contributed by atoms with Gasteiger partial charge in [-0.2, -0.15) is 0 Å². The summed E-state index contributed by atoms with van der Waals surface area (Å²) >= 11 is 0. The van der Waals surface area contributed by atoms with Crippen molar-refractivity contribution in [1.82, 2.24) is 0 Å². The highest BCUT2D eigenvalue weighted by atomic mass is 16.5. The maximum Gasteiger partial charge on any atom is 0.169 e. The van der Waals surface area contributed by atoms with Crippen molar-refractivity contribution in [3.8, 4) is 17.2 Å². The summed E-state index contributed by atoms with van der Waals surface area (Å²) in [6, 6.07) is 20.4. The third-order valence-electron chi connectivity index (χ3n) is 6.26. The highest BCUT2D eigenvalue weighted by Gasteiger charge is 2.33. The van der Waals surface area contributed by atoms with Gasteiger partial charge >= 0.3 is 0 Å². The van der Waals surface area contributed by atoms with Crippen LogP contribution in [0.15, 0.2) is 71.7 Å². The number of para-hydroxylation sites is 2. The SMILES string of the molecule is COc1ccccc1Oc1ccc(N=Cc2cc3c(cc2C)N(C(C)C)C(C)(C)C=C3C)cc1. The highest BCUT2D eigenvalue weighted by Crippen LogP contribution is 2.41. The van der Waals surface area contributed by atoms with Crippen LogP contribution in [0.1, 0.15) is 51.3 Å². The van der Waals surface area contributed by atoms with Gasteiger partial charge in [-0.15, -0.1) is 0 Å². The number of allylic oxidation sites excluding steroid dienone is 1. The molecule has 0 bridgehead atoms. The van der Waals surface area contributed by atoms with Crippen LogP contribution in [-0.4, -0.2) is 24.9 Å². The maximum atomic E-state index is 5.97. The largest absolute Gasteiger partial charge is 0.493 e. The molecule has 0 fully saturated rings. The van der Waals surface area contributed by atoms with E-state index in [1.165, 1.54) is 22.4 Å². The van der Waals surface area contributed by atoms with Crippen LogP contribution in [0.25, 0.3) is 5.57 Å². The summed E-state index contributed by atoms with van der Waals surface area (Å²) in [6.45, 7) is 13.4. The van der Waals surface area contributed by atoms with Gasteiger partial charge in [0.2, 0.25) is 0 Å². The zero-order valence-electron chi connectivity index (χ0n) is 21.2. The van der Waals surface area contributed by atoms with Gasteiger partial charge in [-0.25, -0.2) is 0 Å². The van der Waals surface area contributed by atoms with Crippen LogP contribution in [0.5, 0.6) is 17.2 Å². The van der Waals surface area contributed by atoms with E-state index in [0.29, 0.717) is 17.5 Å². The van der Waals surface area contributed by atoms with Crippen LogP contribution < -0.4 is 14.4 Å². The minimum Gasteiger partial charge on any atom is -0.493 e. The van der Waals surface area contributed by atoms with Crippen molar-refractivity contribution in [1.29, 1.82) is 0 Å². The number of benzene rings is 3. The van der Waals surface area contributed by atoms with E-state index in [1.54, 1.807) is 7.11 Å². The zero-order chi connectivity index (χ0) is 24.5. The fraction of sp³-hybridized carbons (Fsp3) is 0.300. The Morgan fingerprint density at radius 2 is 1.62 bits per heavy atom. The lowest BCUT2D eigenvalue weighted by atomic mass is 9.86. The Morgan fingerprint density at radius 1 is 0.941 bits per heavy atom. The first-order chi connectivity index (χ1) is 16.2. The quantitative estimate of drug-likeness (QED) is 0.354. The van der Waals surface area contributed by atoms with Crippen LogP contribution in [0.3, 0.4) is 0 Å². The minimum atomic E-state index is -0.0130. The van der Waals surface area contributed by atoms with Crippen LogP contribution in [0.2, 0.25) is 0 Å². The number of nitrogens with zero attached hydrogens (tertiary/aromatic N) is 2. The minimum absolute atomic E-state index is 0.0130. The van der Waals surface area contributed by atoms with Crippen LogP contribution in [0, 0.1) is 6.92 Å². The summed E-state index contributed by atoms with van der Waals surface area (Å²) < 4.78 is 11.3. The zero-order valence-corrected chi connectivity index (χ0v) is 21.2. The number of rotatable bonds is 6. The van der Waals surface area contributed by atoms with Crippen LogP contribution >= 0.6 is 0 Å². The van der Waals surface area contributed by atoms with E-state index in [4.69, 9.17) is 14.5 Å². The molecule has 1 aliphatic rings. The topological polar surface area (TPSA) is 34.1 Å². The second-order valence-electron chi connectivity index (χ2n) is 9.68. The summed E-state index contributed by atoms with van der Waals surface area (Å²) in [5.74, 6) is 2.13. The Labute approximate surface area is 203 Å². The van der Waals surface area contributed by atoms with E-state index in [2.05, 4.69) is 64.7 Å². The van der Waals surface area contributed by atoms with Gasteiger partial charge in [-0.3, -0.25) is 4.99 Å². The first kappa shape index (κ1) is 23.6. The molecule has 34 heavy (non-hydrogen) atoms. The van der Waals surface area contributed by atoms with Gasteiger partial charge in [0.15, 0.2) is 11.5 Å². The summed E-state index contributed by atoms with van der Waals surface area (Å²) in [5.41, 5.74) is 7.10. The lowest BCUT2D eigenvalue weighted by molar-refractivity contribution is 0.379. The van der Waals surface area contributed by atoms with E-state index < -0.39 is 0 Å². The average Bonchev–Trinajstić information content (AvgIpc) is 2.78. The van der Waals surface area contributed by atoms with Gasteiger partial charge in [0, 0.05) is 23.5 Å². The molecule has 0 saturated heterocycles. The number of aryl methyl sites for hydroxylation is 1. The predicted octanol–water partition coefficient (Wildman–Crippen LogP) is 7.96. The molecule has 0 saturated carbocycles. The summed E-state index contributed by atoms with van der Waals surface area (Å²) in [4.78, 5) is 7.24. The Bertz CT molecular complexity index is 1240. The lowest BCUT2D eigenvalue weighted by Crippen LogP contribution is -2.49. The molecule has 0 unspecified atom stereocenters. The number of hydrogen-bond acceptors (Lipinski definition) is 4. The maximum absolute atomic E-state index is 5.97. The van der Waals surface area contributed by atoms with Crippen molar-refractivity contribution in [2.75, 3.05) is 12.0 Å². The summed E-state index contributed by atoms with van der Waals surface area (Å²) in [6.07, 6.45) is 4.32. The molecular formula is C30H34N2O2. The Hall–Kier alpha value is -3.53. The summed E-state index contributed by atoms with van der Waals surface area (Å²) in [5, 5.41) is 0. The monoisotopic (exact) mass is 454 g/mol. The van der Waals surface area contributed by atoms with Crippen molar-refractivity contribution >= 4 is 23.2 Å². The number of methoxy groups -OCH3 is 1. The molecule has 0 atom stereocenters. The van der Waals surface area contributed by atoms with Crippen molar-refractivity contribution in [3.63, 3.8) is 0 Å². The van der Waals surface area contributed by atoms with Crippen molar-refractivity contribution in [2.45, 2.75) is 53.1 Å². The molecule has 0 spiro atoms. The normalized spacial score (nSPS) is 14.8. The van der Waals surface area contributed by atoms with Gasteiger partial charge < -0.3 is 14.4 Å². The van der Waals surface area contributed by atoms with Gasteiger partial charge in [0.1, 0.15) is 5.75 Å². The predicted molar refractivity (Wildman–Crippen MR) is 143 cm³/mol. The molecule has 4 rings (SSSR count). The Morgan fingerprint density at radius 3 is 2.26 bits per heavy atom. The second-order valence-corrected chi connectivity index (χ2v) is 9.68. The number of fused-ring (bicyclic) bond motifs is 1. The molecule has 0 radical (unpaired) electrons. The van der Waals surface area contributed by atoms with Gasteiger partial charge in [0.25, 0.3) is 0 Å². The number of hydrogen-bond donors (Lipinski definition) is 0. The fourth-order valence-electron chi connectivity index (χ4n) is 4.87. The molecule has 1 aliphatic heterocycles. The Kier molecular flexibility index (Phi) is 6.52. The number of ether oxygens (including phenoxy) is 2. The molecule has 4 heteroatoms. The van der Waals surface area contributed by atoms with Crippen LogP contribution in [0.4, 0.5) is 11.4 Å². The van der Waals surface area contributed by atoms with Gasteiger partial charge in [0.05, 0.1) is 18.3 Å². The molecule has 4 nitrogen and oxygen atoms in total. The molecule has 176 valence electrons. The Balaban J connectivity index is 1.57. The van der Waals surface area contributed by atoms with E-state index in [9.17, 15) is 0 Å². The second kappa shape index (κ2) is 9.38. The van der Waals surface area contributed by atoms with Crippen molar-refractivity contribution < 1.29 is 9.47 Å².